The van der Waals surface area contributed by atoms with Gasteiger partial charge in [-0.1, -0.05) is 30.3 Å². The molecule has 0 N–H and O–H groups in total. The molecule has 4 heteroatoms. The monoisotopic (exact) mass is 276 g/mol. The van der Waals surface area contributed by atoms with Crippen LogP contribution in [0.25, 0.3) is 11.6 Å². The van der Waals surface area contributed by atoms with Gasteiger partial charge in [-0.3, -0.25) is 14.6 Å². The summed E-state index contributed by atoms with van der Waals surface area (Å²) in [6, 6.07) is 10.3. The lowest BCUT2D eigenvalue weighted by Gasteiger charge is -2.00. The maximum absolute atomic E-state index is 4.39. The second kappa shape index (κ2) is 6.13. The van der Waals surface area contributed by atoms with Crippen LogP contribution >= 0.6 is 0 Å². The molecule has 3 rings (SSSR count). The van der Waals surface area contributed by atoms with Crippen molar-refractivity contribution in [3.63, 3.8) is 0 Å². The van der Waals surface area contributed by atoms with Gasteiger partial charge in [-0.15, -0.1) is 0 Å². The standard InChI is InChI=1S/C17H16N4/c1-14(17-11-18-7-8-19-17)9-16-10-20-21(13-16)12-15-5-3-2-4-6-15/h2-11,13H,12H2,1H3/b14-9+. The molecule has 0 saturated carbocycles. The first kappa shape index (κ1) is 13.2. The van der Waals surface area contributed by atoms with E-state index in [1.54, 1.807) is 18.6 Å². The molecule has 2 aromatic heterocycles. The van der Waals surface area contributed by atoms with E-state index in [2.05, 4.69) is 33.3 Å². The van der Waals surface area contributed by atoms with Crippen LogP contribution in [-0.4, -0.2) is 19.7 Å². The quantitative estimate of drug-likeness (QED) is 0.734. The summed E-state index contributed by atoms with van der Waals surface area (Å²) in [5.74, 6) is 0. The van der Waals surface area contributed by atoms with Gasteiger partial charge in [0.2, 0.25) is 0 Å². The lowest BCUT2D eigenvalue weighted by atomic mass is 10.1. The first-order valence-electron chi connectivity index (χ1n) is 6.82. The highest BCUT2D eigenvalue weighted by Crippen LogP contribution is 2.14. The van der Waals surface area contributed by atoms with Crippen LogP contribution in [0.4, 0.5) is 0 Å². The Bertz CT molecular complexity index is 730. The fraction of sp³-hybridized carbons (Fsp3) is 0.118. The van der Waals surface area contributed by atoms with Crippen LogP contribution in [0.15, 0.2) is 61.3 Å². The van der Waals surface area contributed by atoms with E-state index in [1.165, 1.54) is 5.56 Å². The summed E-state index contributed by atoms with van der Waals surface area (Å²) in [6.45, 7) is 2.80. The van der Waals surface area contributed by atoms with E-state index >= 15 is 0 Å². The minimum absolute atomic E-state index is 0.777. The van der Waals surface area contributed by atoms with Crippen LogP contribution in [0.2, 0.25) is 0 Å². The van der Waals surface area contributed by atoms with Crippen molar-refractivity contribution in [1.29, 1.82) is 0 Å². The van der Waals surface area contributed by atoms with Crippen molar-refractivity contribution in [3.8, 4) is 0 Å². The zero-order chi connectivity index (χ0) is 14.5. The zero-order valence-corrected chi connectivity index (χ0v) is 11.8. The van der Waals surface area contributed by atoms with Gasteiger partial charge >= 0.3 is 0 Å². The van der Waals surface area contributed by atoms with Gasteiger partial charge in [0.15, 0.2) is 0 Å². The van der Waals surface area contributed by atoms with Gasteiger partial charge in [-0.05, 0) is 24.1 Å². The van der Waals surface area contributed by atoms with Crippen LogP contribution in [0, 0.1) is 0 Å². The maximum atomic E-state index is 4.39. The number of allylic oxidation sites excluding steroid dienone is 1. The number of hydrogen-bond donors (Lipinski definition) is 0. The summed E-state index contributed by atoms with van der Waals surface area (Å²) in [7, 11) is 0. The number of hydrogen-bond acceptors (Lipinski definition) is 3. The molecule has 0 aliphatic rings. The largest absolute Gasteiger partial charge is 0.268 e. The highest BCUT2D eigenvalue weighted by atomic mass is 15.3. The van der Waals surface area contributed by atoms with E-state index in [1.807, 2.05) is 42.2 Å². The Hall–Kier alpha value is -2.75. The molecule has 0 unspecified atom stereocenters. The molecule has 21 heavy (non-hydrogen) atoms. The summed E-state index contributed by atoms with van der Waals surface area (Å²) < 4.78 is 1.94. The van der Waals surface area contributed by atoms with E-state index in [-0.39, 0.29) is 0 Å². The average Bonchev–Trinajstić information content (AvgIpc) is 2.96. The second-order valence-corrected chi connectivity index (χ2v) is 4.87. The van der Waals surface area contributed by atoms with Crippen molar-refractivity contribution in [2.24, 2.45) is 0 Å². The summed E-state index contributed by atoms with van der Waals surface area (Å²) in [4.78, 5) is 8.38. The van der Waals surface area contributed by atoms with Gasteiger partial charge in [0.05, 0.1) is 24.6 Å². The number of benzene rings is 1. The fourth-order valence-corrected chi connectivity index (χ4v) is 2.14. The molecule has 3 aromatic rings. The zero-order valence-electron chi connectivity index (χ0n) is 11.8. The van der Waals surface area contributed by atoms with Crippen molar-refractivity contribution >= 4 is 11.6 Å². The molecule has 0 spiro atoms. The predicted molar refractivity (Wildman–Crippen MR) is 83.3 cm³/mol. The third kappa shape index (κ3) is 3.42. The van der Waals surface area contributed by atoms with Gasteiger partial charge in [0, 0.05) is 24.2 Å². The Labute approximate surface area is 123 Å². The fourth-order valence-electron chi connectivity index (χ4n) is 2.14. The molecule has 0 bridgehead atoms. The normalized spacial score (nSPS) is 11.6. The Morgan fingerprint density at radius 1 is 1.14 bits per heavy atom. The highest BCUT2D eigenvalue weighted by Gasteiger charge is 2.00. The Kier molecular flexibility index (Phi) is 3.87. The van der Waals surface area contributed by atoms with Crippen LogP contribution in [0.5, 0.6) is 0 Å². The minimum Gasteiger partial charge on any atom is -0.268 e. The van der Waals surface area contributed by atoms with Crippen LogP contribution in [0.3, 0.4) is 0 Å². The van der Waals surface area contributed by atoms with Crippen LogP contribution < -0.4 is 0 Å². The smallest absolute Gasteiger partial charge is 0.0842 e. The number of nitrogens with zero attached hydrogens (tertiary/aromatic N) is 4. The van der Waals surface area contributed by atoms with Crippen molar-refractivity contribution in [1.82, 2.24) is 19.7 Å². The first-order valence-corrected chi connectivity index (χ1v) is 6.82. The van der Waals surface area contributed by atoms with E-state index in [0.717, 1.165) is 23.4 Å². The summed E-state index contributed by atoms with van der Waals surface area (Å²) in [6.07, 6.45) is 11.1. The van der Waals surface area contributed by atoms with Crippen LogP contribution in [0.1, 0.15) is 23.7 Å². The van der Waals surface area contributed by atoms with Crippen molar-refractivity contribution in [2.75, 3.05) is 0 Å². The second-order valence-electron chi connectivity index (χ2n) is 4.87. The third-order valence-electron chi connectivity index (χ3n) is 3.19. The molecule has 2 heterocycles. The lowest BCUT2D eigenvalue weighted by Crippen LogP contribution is -1.99. The van der Waals surface area contributed by atoms with Crippen molar-refractivity contribution in [3.05, 3.63) is 78.1 Å². The lowest BCUT2D eigenvalue weighted by molar-refractivity contribution is 0.687. The maximum Gasteiger partial charge on any atom is 0.0842 e. The molecule has 0 aliphatic heterocycles. The molecule has 0 fully saturated rings. The van der Waals surface area contributed by atoms with Gasteiger partial charge in [-0.25, -0.2) is 0 Å². The Balaban J connectivity index is 1.76. The third-order valence-corrected chi connectivity index (χ3v) is 3.19. The Morgan fingerprint density at radius 2 is 2.00 bits per heavy atom. The average molecular weight is 276 g/mol. The first-order chi connectivity index (χ1) is 10.3. The number of aromatic nitrogens is 4. The highest BCUT2D eigenvalue weighted by molar-refractivity contribution is 5.77. The molecular weight excluding hydrogens is 260 g/mol. The van der Waals surface area contributed by atoms with Gasteiger partial charge in [0.25, 0.3) is 0 Å². The summed E-state index contributed by atoms with van der Waals surface area (Å²) in [5.41, 5.74) is 4.26. The SMILES string of the molecule is C/C(=C\c1cnn(Cc2ccccc2)c1)c1cnccn1. The molecule has 104 valence electrons. The molecule has 0 amide bonds. The molecule has 0 atom stereocenters. The minimum atomic E-state index is 0.777. The Morgan fingerprint density at radius 3 is 2.76 bits per heavy atom. The topological polar surface area (TPSA) is 43.6 Å². The van der Waals surface area contributed by atoms with E-state index in [0.29, 0.717) is 0 Å². The van der Waals surface area contributed by atoms with Crippen molar-refractivity contribution < 1.29 is 0 Å². The van der Waals surface area contributed by atoms with Gasteiger partial charge in [0.1, 0.15) is 0 Å². The van der Waals surface area contributed by atoms with Gasteiger partial charge < -0.3 is 0 Å². The molecule has 0 saturated heterocycles. The molecule has 0 aliphatic carbocycles. The molecular formula is C17H16N4. The molecule has 0 radical (unpaired) electrons. The van der Waals surface area contributed by atoms with E-state index < -0.39 is 0 Å². The predicted octanol–water partition coefficient (Wildman–Crippen LogP) is 3.28. The molecule has 4 nitrogen and oxygen atoms in total. The van der Waals surface area contributed by atoms with E-state index in [9.17, 15) is 0 Å². The summed E-state index contributed by atoms with van der Waals surface area (Å²) in [5, 5.41) is 4.39. The number of rotatable bonds is 4. The van der Waals surface area contributed by atoms with Crippen molar-refractivity contribution in [2.45, 2.75) is 13.5 Å². The van der Waals surface area contributed by atoms with Gasteiger partial charge in [-0.2, -0.15) is 5.10 Å². The molecule has 1 aromatic carbocycles. The van der Waals surface area contributed by atoms with Crippen LogP contribution in [-0.2, 0) is 6.54 Å². The summed E-state index contributed by atoms with van der Waals surface area (Å²) >= 11 is 0. The van der Waals surface area contributed by atoms with E-state index in [4.69, 9.17) is 0 Å².